The molecule has 9 heteroatoms. The molecule has 0 amide bonds. The summed E-state index contributed by atoms with van der Waals surface area (Å²) in [6.45, 7) is 0. The molecule has 2 N–H and O–H groups in total. The topological polar surface area (TPSA) is 81.2 Å². The zero-order valence-corrected chi connectivity index (χ0v) is 15.5. The number of hydrogen-bond acceptors (Lipinski definition) is 7. The summed E-state index contributed by atoms with van der Waals surface area (Å²) in [7, 11) is 3.16. The number of benzene rings is 2. The number of ether oxygens (including phenoxy) is 2. The Hall–Kier alpha value is -2.77. The van der Waals surface area contributed by atoms with Crippen molar-refractivity contribution >= 4 is 46.3 Å². The highest BCUT2D eigenvalue weighted by Gasteiger charge is 2.10. The lowest BCUT2D eigenvalue weighted by Crippen LogP contribution is -2.04. The number of anilines is 4. The van der Waals surface area contributed by atoms with Crippen LogP contribution in [0.4, 0.5) is 23.1 Å². The summed E-state index contributed by atoms with van der Waals surface area (Å²) >= 11 is 12.2. The number of hydrogen-bond donors (Lipinski definition) is 2. The average Bonchev–Trinajstić information content (AvgIpc) is 2.66. The van der Waals surface area contributed by atoms with Gasteiger partial charge in [-0.2, -0.15) is 10.1 Å². The largest absolute Gasteiger partial charge is 0.497 e. The lowest BCUT2D eigenvalue weighted by atomic mass is 10.2. The first-order valence-corrected chi connectivity index (χ1v) is 8.26. The van der Waals surface area contributed by atoms with Gasteiger partial charge in [0.15, 0.2) is 5.82 Å². The van der Waals surface area contributed by atoms with Crippen LogP contribution < -0.4 is 20.1 Å². The molecule has 0 atom stereocenters. The first-order valence-electron chi connectivity index (χ1n) is 7.50. The molecule has 3 rings (SSSR count). The summed E-state index contributed by atoms with van der Waals surface area (Å²) in [6, 6.07) is 10.6. The van der Waals surface area contributed by atoms with Gasteiger partial charge in [0.1, 0.15) is 11.5 Å². The van der Waals surface area contributed by atoms with Crippen molar-refractivity contribution in [2.24, 2.45) is 0 Å². The Morgan fingerprint density at radius 2 is 1.81 bits per heavy atom. The Kier molecular flexibility index (Phi) is 5.60. The summed E-state index contributed by atoms with van der Waals surface area (Å²) in [5.41, 5.74) is 1.26. The zero-order valence-electron chi connectivity index (χ0n) is 14.0. The van der Waals surface area contributed by atoms with E-state index in [4.69, 9.17) is 32.7 Å². The van der Waals surface area contributed by atoms with Crippen molar-refractivity contribution in [3.63, 3.8) is 0 Å². The van der Waals surface area contributed by atoms with Crippen LogP contribution in [0.15, 0.2) is 42.6 Å². The van der Waals surface area contributed by atoms with Crippen LogP contribution in [0.25, 0.3) is 0 Å². The van der Waals surface area contributed by atoms with E-state index in [0.29, 0.717) is 38.7 Å². The van der Waals surface area contributed by atoms with Gasteiger partial charge in [-0.25, -0.2) is 0 Å². The maximum atomic E-state index is 6.18. The van der Waals surface area contributed by atoms with E-state index in [-0.39, 0.29) is 5.95 Å². The fourth-order valence-electron chi connectivity index (χ4n) is 2.19. The maximum Gasteiger partial charge on any atom is 0.249 e. The van der Waals surface area contributed by atoms with Gasteiger partial charge in [-0.3, -0.25) is 0 Å². The van der Waals surface area contributed by atoms with Gasteiger partial charge < -0.3 is 20.1 Å². The second-order valence-electron chi connectivity index (χ2n) is 5.08. The summed E-state index contributed by atoms with van der Waals surface area (Å²) < 4.78 is 10.6. The fraction of sp³-hybridized carbons (Fsp3) is 0.118. The van der Waals surface area contributed by atoms with Crippen molar-refractivity contribution in [2.75, 3.05) is 24.9 Å². The SMILES string of the molecule is COc1ccc(OC)c(Nc2nncc(Nc3cccc(Cl)c3Cl)n2)c1. The third kappa shape index (κ3) is 4.07. The van der Waals surface area contributed by atoms with E-state index in [2.05, 4.69) is 25.8 Å². The Balaban J connectivity index is 1.85. The minimum Gasteiger partial charge on any atom is -0.497 e. The van der Waals surface area contributed by atoms with Crippen LogP contribution in [0.2, 0.25) is 10.0 Å². The molecule has 3 aromatic rings. The highest BCUT2D eigenvalue weighted by atomic mass is 35.5. The van der Waals surface area contributed by atoms with Gasteiger partial charge in [-0.15, -0.1) is 5.10 Å². The summed E-state index contributed by atoms with van der Waals surface area (Å²) in [4.78, 5) is 4.37. The highest BCUT2D eigenvalue weighted by molar-refractivity contribution is 6.43. The molecular formula is C17H15Cl2N5O2. The molecule has 0 radical (unpaired) electrons. The molecule has 0 fully saturated rings. The number of methoxy groups -OCH3 is 2. The second kappa shape index (κ2) is 8.07. The molecule has 26 heavy (non-hydrogen) atoms. The number of rotatable bonds is 6. The van der Waals surface area contributed by atoms with Gasteiger partial charge in [0, 0.05) is 6.07 Å². The van der Waals surface area contributed by atoms with E-state index in [9.17, 15) is 0 Å². The predicted octanol–water partition coefficient (Wildman–Crippen LogP) is 4.68. The van der Waals surface area contributed by atoms with Crippen LogP contribution in [0.3, 0.4) is 0 Å². The van der Waals surface area contributed by atoms with Gasteiger partial charge in [0.2, 0.25) is 5.95 Å². The van der Waals surface area contributed by atoms with Crippen LogP contribution in [0, 0.1) is 0 Å². The predicted molar refractivity (Wildman–Crippen MR) is 102 cm³/mol. The van der Waals surface area contributed by atoms with E-state index in [0.717, 1.165) is 0 Å². The molecule has 0 saturated heterocycles. The molecule has 0 aliphatic carbocycles. The van der Waals surface area contributed by atoms with Crippen molar-refractivity contribution in [1.29, 1.82) is 0 Å². The van der Waals surface area contributed by atoms with Crippen molar-refractivity contribution in [2.45, 2.75) is 0 Å². The summed E-state index contributed by atoms with van der Waals surface area (Å²) in [5, 5.41) is 14.9. The number of nitrogens with zero attached hydrogens (tertiary/aromatic N) is 3. The Labute approximate surface area is 160 Å². The Morgan fingerprint density at radius 1 is 0.962 bits per heavy atom. The van der Waals surface area contributed by atoms with E-state index < -0.39 is 0 Å². The highest BCUT2D eigenvalue weighted by Crippen LogP contribution is 2.32. The molecule has 0 aliphatic heterocycles. The smallest absolute Gasteiger partial charge is 0.249 e. The van der Waals surface area contributed by atoms with Gasteiger partial charge in [0.05, 0.1) is 41.8 Å². The van der Waals surface area contributed by atoms with E-state index in [1.807, 2.05) is 0 Å². The molecule has 1 aromatic heterocycles. The lowest BCUT2D eigenvalue weighted by molar-refractivity contribution is 0.405. The number of aromatic nitrogens is 3. The fourth-order valence-corrected chi connectivity index (χ4v) is 2.54. The third-order valence-electron chi connectivity index (χ3n) is 3.43. The Morgan fingerprint density at radius 3 is 2.58 bits per heavy atom. The average molecular weight is 392 g/mol. The summed E-state index contributed by atoms with van der Waals surface area (Å²) in [6.07, 6.45) is 1.48. The van der Waals surface area contributed by atoms with E-state index in [1.54, 1.807) is 50.6 Å². The molecule has 0 bridgehead atoms. The normalized spacial score (nSPS) is 10.3. The monoisotopic (exact) mass is 391 g/mol. The third-order valence-corrected chi connectivity index (χ3v) is 4.25. The van der Waals surface area contributed by atoms with Crippen LogP contribution in [0.1, 0.15) is 0 Å². The maximum absolute atomic E-state index is 6.18. The van der Waals surface area contributed by atoms with Gasteiger partial charge in [-0.1, -0.05) is 29.3 Å². The van der Waals surface area contributed by atoms with Crippen molar-refractivity contribution in [3.8, 4) is 11.5 Å². The van der Waals surface area contributed by atoms with Crippen molar-refractivity contribution in [1.82, 2.24) is 15.2 Å². The first kappa shape index (κ1) is 18.0. The van der Waals surface area contributed by atoms with Crippen molar-refractivity contribution in [3.05, 3.63) is 52.6 Å². The first-order chi connectivity index (χ1) is 12.6. The van der Waals surface area contributed by atoms with Crippen LogP contribution in [-0.4, -0.2) is 29.4 Å². The van der Waals surface area contributed by atoms with E-state index >= 15 is 0 Å². The number of nitrogens with one attached hydrogen (secondary N) is 2. The van der Waals surface area contributed by atoms with Crippen LogP contribution in [0.5, 0.6) is 11.5 Å². The molecule has 0 aliphatic rings. The molecule has 2 aromatic carbocycles. The van der Waals surface area contributed by atoms with Crippen LogP contribution in [-0.2, 0) is 0 Å². The second-order valence-corrected chi connectivity index (χ2v) is 5.87. The Bertz CT molecular complexity index is 923. The number of halogens is 2. The van der Waals surface area contributed by atoms with Gasteiger partial charge in [-0.05, 0) is 24.3 Å². The molecule has 134 valence electrons. The van der Waals surface area contributed by atoms with Crippen molar-refractivity contribution < 1.29 is 9.47 Å². The molecule has 1 heterocycles. The van der Waals surface area contributed by atoms with Gasteiger partial charge >= 0.3 is 0 Å². The minimum absolute atomic E-state index is 0.278. The summed E-state index contributed by atoms with van der Waals surface area (Å²) in [5.74, 6) is 2.01. The zero-order chi connectivity index (χ0) is 18.5. The molecule has 0 spiro atoms. The molecule has 7 nitrogen and oxygen atoms in total. The molecular weight excluding hydrogens is 377 g/mol. The lowest BCUT2D eigenvalue weighted by Gasteiger charge is -2.12. The van der Waals surface area contributed by atoms with Crippen LogP contribution >= 0.6 is 23.2 Å². The molecule has 0 unspecified atom stereocenters. The quantitative estimate of drug-likeness (QED) is 0.630. The minimum atomic E-state index is 0.278. The van der Waals surface area contributed by atoms with Gasteiger partial charge in [0.25, 0.3) is 0 Å². The molecule has 0 saturated carbocycles. The standard InChI is InChI=1S/C17H15Cl2N5O2/c1-25-10-6-7-14(26-2)13(8-10)22-17-23-15(9-20-24-17)21-12-5-3-4-11(18)16(12)19/h3-9H,1-2H3,(H2,21,22,23,24). The van der Waals surface area contributed by atoms with E-state index in [1.165, 1.54) is 6.20 Å².